The molecule has 0 saturated carbocycles. The number of carbonyl (C=O) groups is 2. The first kappa shape index (κ1) is 13.5. The van der Waals surface area contributed by atoms with E-state index < -0.39 is 0 Å². The van der Waals surface area contributed by atoms with Gasteiger partial charge in [-0.3, -0.25) is 14.9 Å². The van der Waals surface area contributed by atoms with Crippen molar-refractivity contribution in [3.8, 4) is 11.5 Å². The number of carbonyl (C=O) groups excluding carboxylic acids is 2. The van der Waals surface area contributed by atoms with Gasteiger partial charge < -0.3 is 9.47 Å². The average molecular weight is 279 g/mol. The third-order valence-corrected chi connectivity index (χ3v) is 3.43. The molecule has 100 valence electrons. The van der Waals surface area contributed by atoms with E-state index in [1.165, 1.54) is 0 Å². The molecule has 0 bridgehead atoms. The van der Waals surface area contributed by atoms with Gasteiger partial charge in [0, 0.05) is 11.3 Å². The van der Waals surface area contributed by atoms with Gasteiger partial charge in [0.2, 0.25) is 0 Å². The summed E-state index contributed by atoms with van der Waals surface area (Å²) in [5.74, 6) is 1.25. The predicted octanol–water partition coefficient (Wildman–Crippen LogP) is 2.07. The Balaban J connectivity index is 2.27. The van der Waals surface area contributed by atoms with Gasteiger partial charge in [-0.2, -0.15) is 0 Å². The summed E-state index contributed by atoms with van der Waals surface area (Å²) >= 11 is 1.07. The van der Waals surface area contributed by atoms with Gasteiger partial charge in [0.25, 0.3) is 11.1 Å². The molecule has 1 fully saturated rings. The maximum atomic E-state index is 11.6. The second-order valence-corrected chi connectivity index (χ2v) is 4.76. The second-order valence-electron chi connectivity index (χ2n) is 3.81. The molecule has 0 atom stereocenters. The van der Waals surface area contributed by atoms with Crippen molar-refractivity contribution in [2.24, 2.45) is 0 Å². The van der Waals surface area contributed by atoms with Crippen LogP contribution in [0.3, 0.4) is 0 Å². The fourth-order valence-electron chi connectivity index (χ4n) is 1.67. The highest BCUT2D eigenvalue weighted by molar-refractivity contribution is 8.13. The van der Waals surface area contributed by atoms with Crippen LogP contribution in [0.25, 0.3) is 6.08 Å². The van der Waals surface area contributed by atoms with Crippen LogP contribution < -0.4 is 14.8 Å². The average Bonchev–Trinajstić information content (AvgIpc) is 2.41. The minimum Gasteiger partial charge on any atom is -0.493 e. The van der Waals surface area contributed by atoms with Crippen molar-refractivity contribution >= 4 is 29.0 Å². The van der Waals surface area contributed by atoms with E-state index in [4.69, 9.17) is 9.47 Å². The molecule has 0 radical (unpaired) electrons. The van der Waals surface area contributed by atoms with Crippen molar-refractivity contribution < 1.29 is 19.1 Å². The molecule has 1 aromatic rings. The van der Waals surface area contributed by atoms with Crippen molar-refractivity contribution in [2.75, 3.05) is 20.0 Å². The molecule has 6 heteroatoms. The zero-order valence-electron chi connectivity index (χ0n) is 10.6. The first-order chi connectivity index (χ1) is 9.13. The van der Waals surface area contributed by atoms with Crippen LogP contribution in [0.1, 0.15) is 5.56 Å². The Morgan fingerprint density at radius 1 is 1.21 bits per heavy atom. The lowest BCUT2D eigenvalue weighted by atomic mass is 10.1. The Morgan fingerprint density at radius 2 is 1.95 bits per heavy atom. The summed E-state index contributed by atoms with van der Waals surface area (Å²) < 4.78 is 10.3. The number of hydrogen-bond donors (Lipinski definition) is 1. The van der Waals surface area contributed by atoms with E-state index in [0.717, 1.165) is 17.3 Å². The Hall–Kier alpha value is -1.95. The fourth-order valence-corrected chi connectivity index (χ4v) is 2.33. The van der Waals surface area contributed by atoms with Crippen molar-refractivity contribution in [1.29, 1.82) is 0 Å². The van der Waals surface area contributed by atoms with Crippen LogP contribution in [-0.4, -0.2) is 31.1 Å². The zero-order chi connectivity index (χ0) is 13.8. The maximum Gasteiger partial charge on any atom is 0.286 e. The van der Waals surface area contributed by atoms with Crippen LogP contribution in [-0.2, 0) is 4.79 Å². The van der Waals surface area contributed by atoms with Gasteiger partial charge >= 0.3 is 0 Å². The van der Waals surface area contributed by atoms with Gasteiger partial charge in [0.05, 0.1) is 14.2 Å². The van der Waals surface area contributed by atoms with Gasteiger partial charge in [0.1, 0.15) is 0 Å². The molecule has 1 saturated heterocycles. The second kappa shape index (κ2) is 5.79. The lowest BCUT2D eigenvalue weighted by molar-refractivity contribution is -0.116. The minimum atomic E-state index is -0.349. The number of amides is 2. The number of hydrogen-bond acceptors (Lipinski definition) is 5. The lowest BCUT2D eigenvalue weighted by Crippen LogP contribution is -2.33. The van der Waals surface area contributed by atoms with Crippen molar-refractivity contribution in [3.63, 3.8) is 0 Å². The molecule has 1 N–H and O–H groups in total. The van der Waals surface area contributed by atoms with E-state index in [2.05, 4.69) is 5.32 Å². The molecule has 2 rings (SSSR count). The highest BCUT2D eigenvalue weighted by Gasteiger charge is 2.20. The number of methoxy groups -OCH3 is 2. The Kier molecular flexibility index (Phi) is 4.11. The van der Waals surface area contributed by atoms with E-state index in [-0.39, 0.29) is 11.1 Å². The van der Waals surface area contributed by atoms with E-state index in [0.29, 0.717) is 22.8 Å². The van der Waals surface area contributed by atoms with E-state index in [9.17, 15) is 9.59 Å². The molecule has 1 aliphatic heterocycles. The van der Waals surface area contributed by atoms with Crippen LogP contribution in [0.15, 0.2) is 23.8 Å². The molecule has 0 aliphatic carbocycles. The Labute approximate surface area is 115 Å². The van der Waals surface area contributed by atoms with Crippen molar-refractivity contribution in [3.05, 3.63) is 29.3 Å². The molecule has 19 heavy (non-hydrogen) atoms. The first-order valence-corrected chi connectivity index (χ1v) is 6.53. The van der Waals surface area contributed by atoms with Crippen LogP contribution in [0, 0.1) is 0 Å². The molecule has 0 spiro atoms. The summed E-state index contributed by atoms with van der Waals surface area (Å²) in [6.07, 6.45) is 1.73. The highest BCUT2D eigenvalue weighted by Crippen LogP contribution is 2.29. The summed E-state index contributed by atoms with van der Waals surface area (Å²) in [7, 11) is 3.11. The van der Waals surface area contributed by atoms with Gasteiger partial charge in [-0.05, 0) is 23.8 Å². The number of benzene rings is 1. The molecule has 1 heterocycles. The highest BCUT2D eigenvalue weighted by atomic mass is 32.2. The number of thioether (sulfide) groups is 1. The lowest BCUT2D eigenvalue weighted by Gasteiger charge is -2.13. The minimum absolute atomic E-state index is 0.311. The summed E-state index contributed by atoms with van der Waals surface area (Å²) in [5.41, 5.74) is 1.37. The van der Waals surface area contributed by atoms with Gasteiger partial charge in [-0.15, -0.1) is 0 Å². The Bertz CT molecular complexity index is 554. The summed E-state index contributed by atoms with van der Waals surface area (Å²) in [4.78, 5) is 22.6. The molecule has 5 nitrogen and oxygen atoms in total. The first-order valence-electron chi connectivity index (χ1n) is 5.54. The number of rotatable bonds is 3. The molecule has 0 aromatic heterocycles. The maximum absolute atomic E-state index is 11.6. The standard InChI is InChI=1S/C13H13NO4S/c1-17-10-4-3-8(6-11(10)18-2)5-9-7-19-13(16)14-12(9)15/h3-6H,7H2,1-2H3,(H,14,15,16). The Morgan fingerprint density at radius 3 is 2.58 bits per heavy atom. The molecule has 1 aromatic carbocycles. The number of ether oxygens (including phenoxy) is 2. The smallest absolute Gasteiger partial charge is 0.286 e. The quantitative estimate of drug-likeness (QED) is 0.858. The third-order valence-electron chi connectivity index (χ3n) is 2.61. The van der Waals surface area contributed by atoms with Crippen LogP contribution in [0.2, 0.25) is 0 Å². The van der Waals surface area contributed by atoms with E-state index >= 15 is 0 Å². The van der Waals surface area contributed by atoms with E-state index in [1.807, 2.05) is 6.07 Å². The van der Waals surface area contributed by atoms with Crippen molar-refractivity contribution in [2.45, 2.75) is 0 Å². The summed E-state index contributed by atoms with van der Waals surface area (Å²) in [5, 5.41) is 1.95. The van der Waals surface area contributed by atoms with Gasteiger partial charge in [0.15, 0.2) is 11.5 Å². The topological polar surface area (TPSA) is 64.6 Å². The van der Waals surface area contributed by atoms with Crippen LogP contribution in [0.4, 0.5) is 4.79 Å². The van der Waals surface area contributed by atoms with Gasteiger partial charge in [-0.1, -0.05) is 17.8 Å². The number of nitrogens with one attached hydrogen (secondary N) is 1. The van der Waals surface area contributed by atoms with Gasteiger partial charge in [-0.25, -0.2) is 0 Å². The van der Waals surface area contributed by atoms with E-state index in [1.54, 1.807) is 32.4 Å². The summed E-state index contributed by atoms with van der Waals surface area (Å²) in [6.45, 7) is 0. The third kappa shape index (κ3) is 3.08. The predicted molar refractivity (Wildman–Crippen MR) is 73.5 cm³/mol. The SMILES string of the molecule is COc1ccc(C=C2CSC(=O)NC2=O)cc1OC. The fraction of sp³-hybridized carbons (Fsp3) is 0.231. The van der Waals surface area contributed by atoms with Crippen LogP contribution >= 0.6 is 11.8 Å². The molecular weight excluding hydrogens is 266 g/mol. The molecular formula is C13H13NO4S. The zero-order valence-corrected chi connectivity index (χ0v) is 11.4. The van der Waals surface area contributed by atoms with Crippen molar-refractivity contribution in [1.82, 2.24) is 5.32 Å². The monoisotopic (exact) mass is 279 g/mol. The molecule has 0 unspecified atom stereocenters. The van der Waals surface area contributed by atoms with Crippen LogP contribution in [0.5, 0.6) is 11.5 Å². The largest absolute Gasteiger partial charge is 0.493 e. The number of imide groups is 1. The molecule has 1 aliphatic rings. The summed E-state index contributed by atoms with van der Waals surface area (Å²) in [6, 6.07) is 5.37. The normalized spacial score (nSPS) is 17.3. The molecule has 2 amide bonds.